The summed E-state index contributed by atoms with van der Waals surface area (Å²) in [4.78, 5) is 12.2. The number of rotatable bonds is 6. The van der Waals surface area contributed by atoms with Crippen molar-refractivity contribution in [2.45, 2.75) is 44.8 Å². The zero-order valence-electron chi connectivity index (χ0n) is 16.7. The average molecular weight is 412 g/mol. The molecule has 0 unspecified atom stereocenters. The minimum absolute atomic E-state index is 0.0289. The molecular weight excluding hydrogens is 386 g/mol. The van der Waals surface area contributed by atoms with Gasteiger partial charge in [-0.25, -0.2) is 0 Å². The van der Waals surface area contributed by atoms with Crippen LogP contribution >= 0.6 is 11.8 Å². The molecule has 152 valence electrons. The number of benzene rings is 1. The lowest BCUT2D eigenvalue weighted by molar-refractivity contribution is 0.173. The van der Waals surface area contributed by atoms with E-state index in [-0.39, 0.29) is 18.9 Å². The monoisotopic (exact) mass is 411 g/mol. The van der Waals surface area contributed by atoms with E-state index in [2.05, 4.69) is 35.9 Å². The molecule has 0 bridgehead atoms. The second-order valence-corrected chi connectivity index (χ2v) is 8.42. The second-order valence-electron chi connectivity index (χ2n) is 7.43. The summed E-state index contributed by atoms with van der Waals surface area (Å²) < 4.78 is 17.5. The molecule has 0 spiro atoms. The van der Waals surface area contributed by atoms with Gasteiger partial charge in [0.15, 0.2) is 16.7 Å². The summed E-state index contributed by atoms with van der Waals surface area (Å²) in [6, 6.07) is 10.5. The number of nitrogens with zero attached hydrogens (tertiary/aromatic N) is 3. The van der Waals surface area contributed by atoms with Gasteiger partial charge in [0.05, 0.1) is 18.3 Å². The van der Waals surface area contributed by atoms with E-state index in [9.17, 15) is 0 Å². The van der Waals surface area contributed by atoms with Crippen LogP contribution in [-0.2, 0) is 0 Å². The molecule has 3 atom stereocenters. The summed E-state index contributed by atoms with van der Waals surface area (Å²) in [5, 5.41) is 1.11. The van der Waals surface area contributed by atoms with Crippen molar-refractivity contribution in [1.82, 2.24) is 9.88 Å². The summed E-state index contributed by atoms with van der Waals surface area (Å²) in [5.41, 5.74) is 2.08. The van der Waals surface area contributed by atoms with Crippen LogP contribution < -0.4 is 14.2 Å². The van der Waals surface area contributed by atoms with Crippen molar-refractivity contribution in [3.8, 4) is 17.2 Å². The molecule has 1 aromatic heterocycles. The molecule has 0 radical (unpaired) electrons. The Bertz CT molecular complexity index is 921. The zero-order valence-corrected chi connectivity index (χ0v) is 17.5. The number of aromatic nitrogens is 1. The van der Waals surface area contributed by atoms with Crippen LogP contribution in [0.15, 0.2) is 41.5 Å². The van der Waals surface area contributed by atoms with Gasteiger partial charge in [-0.3, -0.25) is 9.98 Å². The Morgan fingerprint density at radius 3 is 2.83 bits per heavy atom. The van der Waals surface area contributed by atoms with Gasteiger partial charge in [-0.2, -0.15) is 0 Å². The molecule has 6 nitrogen and oxygen atoms in total. The second kappa shape index (κ2) is 7.78. The summed E-state index contributed by atoms with van der Waals surface area (Å²) in [6.07, 6.45) is 3.86. The maximum absolute atomic E-state index is 6.19. The third kappa shape index (κ3) is 3.21. The minimum Gasteiger partial charge on any atom is -0.493 e. The largest absolute Gasteiger partial charge is 0.493 e. The Labute approximate surface area is 175 Å². The van der Waals surface area contributed by atoms with Crippen molar-refractivity contribution in [3.63, 3.8) is 0 Å². The van der Waals surface area contributed by atoms with E-state index >= 15 is 0 Å². The number of hydrogen-bond acceptors (Lipinski definition) is 7. The van der Waals surface area contributed by atoms with E-state index in [0.29, 0.717) is 12.6 Å². The third-order valence-corrected chi connectivity index (χ3v) is 6.74. The maximum atomic E-state index is 6.19. The van der Waals surface area contributed by atoms with Crippen LogP contribution in [0, 0.1) is 0 Å². The molecule has 1 saturated heterocycles. The van der Waals surface area contributed by atoms with Gasteiger partial charge in [0.2, 0.25) is 6.79 Å². The normalized spacial score (nSPS) is 24.6. The molecule has 0 amide bonds. The molecule has 4 heterocycles. The van der Waals surface area contributed by atoms with Crippen molar-refractivity contribution >= 4 is 16.9 Å². The van der Waals surface area contributed by atoms with Crippen LogP contribution in [0.5, 0.6) is 17.2 Å². The highest BCUT2D eigenvalue weighted by Gasteiger charge is 2.47. The first-order chi connectivity index (χ1) is 14.3. The van der Waals surface area contributed by atoms with Crippen LogP contribution in [0.4, 0.5) is 0 Å². The summed E-state index contributed by atoms with van der Waals surface area (Å²) in [5.74, 6) is 3.44. The molecular formula is C22H25N3O3S. The highest BCUT2D eigenvalue weighted by Crippen LogP contribution is 2.52. The molecule has 2 aromatic rings. The highest BCUT2D eigenvalue weighted by atomic mass is 32.2. The smallest absolute Gasteiger partial charge is 0.231 e. The lowest BCUT2D eigenvalue weighted by Gasteiger charge is -2.33. The lowest BCUT2D eigenvalue weighted by Crippen LogP contribution is -2.35. The van der Waals surface area contributed by atoms with Gasteiger partial charge in [-0.1, -0.05) is 31.7 Å². The summed E-state index contributed by atoms with van der Waals surface area (Å²) >= 11 is 1.84. The van der Waals surface area contributed by atoms with Crippen LogP contribution in [-0.4, -0.2) is 40.2 Å². The first-order valence-corrected chi connectivity index (χ1v) is 11.2. The van der Waals surface area contributed by atoms with Crippen LogP contribution in [0.1, 0.15) is 50.0 Å². The molecule has 0 saturated carbocycles. The molecule has 0 aliphatic carbocycles. The Morgan fingerprint density at radius 1 is 1.21 bits per heavy atom. The number of fused-ring (bicyclic) bond motifs is 2. The SMILES string of the molecule is CCCOc1cc2c(cc1[C@@H]1[C@H](c3ccccn3)N=C3SC[C@@H](CC)N31)OCO2. The first kappa shape index (κ1) is 18.6. The van der Waals surface area contributed by atoms with Crippen LogP contribution in [0.25, 0.3) is 0 Å². The lowest BCUT2D eigenvalue weighted by atomic mass is 9.94. The molecule has 3 aliphatic rings. The number of pyridine rings is 1. The van der Waals surface area contributed by atoms with Crippen molar-refractivity contribution in [2.24, 2.45) is 4.99 Å². The van der Waals surface area contributed by atoms with E-state index in [0.717, 1.165) is 52.3 Å². The van der Waals surface area contributed by atoms with E-state index < -0.39 is 0 Å². The molecule has 29 heavy (non-hydrogen) atoms. The topological polar surface area (TPSA) is 56.2 Å². The Hall–Kier alpha value is -2.41. The third-order valence-electron chi connectivity index (χ3n) is 5.61. The molecule has 0 N–H and O–H groups in total. The van der Waals surface area contributed by atoms with Crippen molar-refractivity contribution in [3.05, 3.63) is 47.8 Å². The fourth-order valence-corrected chi connectivity index (χ4v) is 5.53. The number of amidine groups is 1. The van der Waals surface area contributed by atoms with E-state index in [1.807, 2.05) is 36.2 Å². The van der Waals surface area contributed by atoms with Gasteiger partial charge in [0.25, 0.3) is 0 Å². The molecule has 7 heteroatoms. The first-order valence-electron chi connectivity index (χ1n) is 10.3. The van der Waals surface area contributed by atoms with Gasteiger partial charge in [-0.15, -0.1) is 0 Å². The Kier molecular flexibility index (Phi) is 4.99. The van der Waals surface area contributed by atoms with Gasteiger partial charge in [-0.05, 0) is 31.0 Å². The fraction of sp³-hybridized carbons (Fsp3) is 0.455. The van der Waals surface area contributed by atoms with Crippen molar-refractivity contribution in [1.29, 1.82) is 0 Å². The average Bonchev–Trinajstić information content (AvgIpc) is 3.46. The van der Waals surface area contributed by atoms with Crippen LogP contribution in [0.3, 0.4) is 0 Å². The Balaban J connectivity index is 1.63. The minimum atomic E-state index is -0.0719. The number of aliphatic imine (C=N–C) groups is 1. The molecule has 5 rings (SSSR count). The quantitative estimate of drug-likeness (QED) is 0.694. The van der Waals surface area contributed by atoms with Gasteiger partial charge < -0.3 is 19.1 Å². The number of hydrogen-bond donors (Lipinski definition) is 0. The molecule has 1 fully saturated rings. The van der Waals surface area contributed by atoms with Gasteiger partial charge in [0.1, 0.15) is 11.8 Å². The van der Waals surface area contributed by atoms with E-state index in [1.165, 1.54) is 0 Å². The molecule has 1 aromatic carbocycles. The van der Waals surface area contributed by atoms with E-state index in [4.69, 9.17) is 19.2 Å². The predicted octanol–water partition coefficient (Wildman–Crippen LogP) is 4.58. The Morgan fingerprint density at radius 2 is 2.07 bits per heavy atom. The summed E-state index contributed by atoms with van der Waals surface area (Å²) in [7, 11) is 0. The predicted molar refractivity (Wildman–Crippen MR) is 114 cm³/mol. The van der Waals surface area contributed by atoms with Gasteiger partial charge >= 0.3 is 0 Å². The highest BCUT2D eigenvalue weighted by molar-refractivity contribution is 8.14. The standard InChI is InChI=1S/C22H25N3O3S/c1-3-9-26-17-11-19-18(27-13-28-19)10-15(17)21-20(16-7-5-6-8-23-16)24-22-25(21)14(4-2)12-29-22/h5-8,10-11,14,20-21H,3-4,9,12-13H2,1-2H3/t14-,20+,21-/m1/s1. The fourth-order valence-electron chi connectivity index (χ4n) is 4.19. The van der Waals surface area contributed by atoms with E-state index in [1.54, 1.807) is 0 Å². The number of thioether (sulfide) groups is 1. The van der Waals surface area contributed by atoms with Crippen LogP contribution in [0.2, 0.25) is 0 Å². The van der Waals surface area contributed by atoms with Gasteiger partial charge in [0, 0.05) is 29.6 Å². The van der Waals surface area contributed by atoms with Crippen molar-refractivity contribution in [2.75, 3.05) is 19.2 Å². The number of ether oxygens (including phenoxy) is 3. The van der Waals surface area contributed by atoms with Crippen molar-refractivity contribution < 1.29 is 14.2 Å². The summed E-state index contributed by atoms with van der Waals surface area (Å²) in [6.45, 7) is 5.27. The molecule has 3 aliphatic heterocycles. The zero-order chi connectivity index (χ0) is 19.8. The maximum Gasteiger partial charge on any atom is 0.231 e.